The highest BCUT2D eigenvalue weighted by Gasteiger charge is 2.21. The number of esters is 1. The van der Waals surface area contributed by atoms with E-state index in [-0.39, 0.29) is 11.9 Å². The van der Waals surface area contributed by atoms with E-state index in [1.165, 1.54) is 0 Å². The number of ether oxygens (including phenoxy) is 1. The highest BCUT2D eigenvalue weighted by Crippen LogP contribution is 2.22. The number of thiophene rings is 1. The number of amides is 1. The summed E-state index contributed by atoms with van der Waals surface area (Å²) < 4.78 is 5.65. The van der Waals surface area contributed by atoms with Crippen molar-refractivity contribution in [3.8, 4) is 0 Å². The van der Waals surface area contributed by atoms with Crippen molar-refractivity contribution >= 4 is 34.8 Å². The van der Waals surface area contributed by atoms with E-state index in [1.807, 2.05) is 37.3 Å². The van der Waals surface area contributed by atoms with Crippen LogP contribution in [0.1, 0.15) is 35.1 Å². The fourth-order valence-corrected chi connectivity index (χ4v) is 2.78. The molecule has 4 nitrogen and oxygen atoms in total. The first kappa shape index (κ1) is 16.5. The predicted octanol–water partition coefficient (Wildman–Crippen LogP) is 3.82. The molecule has 0 bridgehead atoms. The molecule has 2 rings (SSSR count). The number of nitrogens with one attached hydrogen (secondary N) is 1. The van der Waals surface area contributed by atoms with E-state index < -0.39 is 12.1 Å². The van der Waals surface area contributed by atoms with E-state index >= 15 is 0 Å². The molecule has 2 aromatic rings. The van der Waals surface area contributed by atoms with Crippen LogP contribution >= 0.6 is 22.9 Å². The van der Waals surface area contributed by atoms with Crippen LogP contribution in [0.25, 0.3) is 0 Å². The van der Waals surface area contributed by atoms with E-state index in [4.69, 9.17) is 16.3 Å². The molecule has 6 heteroatoms. The maximum absolute atomic E-state index is 12.1. The second kappa shape index (κ2) is 7.42. The number of carbonyl (C=O) groups is 2. The van der Waals surface area contributed by atoms with Gasteiger partial charge in [-0.05, 0) is 31.5 Å². The molecule has 2 unspecified atom stereocenters. The van der Waals surface area contributed by atoms with Crippen molar-refractivity contribution in [1.29, 1.82) is 0 Å². The largest absolute Gasteiger partial charge is 0.448 e. The van der Waals surface area contributed by atoms with Crippen molar-refractivity contribution < 1.29 is 14.3 Å². The molecule has 0 saturated heterocycles. The van der Waals surface area contributed by atoms with Crippen LogP contribution < -0.4 is 5.32 Å². The first-order valence-electron chi connectivity index (χ1n) is 6.79. The summed E-state index contributed by atoms with van der Waals surface area (Å²) >= 11 is 6.89. The summed E-state index contributed by atoms with van der Waals surface area (Å²) in [4.78, 5) is 24.3. The minimum atomic E-state index is -0.875. The van der Waals surface area contributed by atoms with Crippen molar-refractivity contribution in [2.45, 2.75) is 26.0 Å². The van der Waals surface area contributed by atoms with Gasteiger partial charge in [0.05, 0.1) is 10.4 Å². The van der Waals surface area contributed by atoms with Gasteiger partial charge >= 0.3 is 5.97 Å². The Bertz CT molecular complexity index is 656. The quantitative estimate of drug-likeness (QED) is 0.844. The van der Waals surface area contributed by atoms with Crippen molar-refractivity contribution in [2.75, 3.05) is 0 Å². The Hall–Kier alpha value is -1.85. The Morgan fingerprint density at radius 1 is 1.14 bits per heavy atom. The van der Waals surface area contributed by atoms with Gasteiger partial charge in [0.2, 0.25) is 0 Å². The van der Waals surface area contributed by atoms with Crippen LogP contribution in [0.3, 0.4) is 0 Å². The average Bonchev–Trinajstić information content (AvgIpc) is 2.94. The molecular weight excluding hydrogens is 322 g/mol. The van der Waals surface area contributed by atoms with E-state index in [2.05, 4.69) is 5.32 Å². The summed E-state index contributed by atoms with van der Waals surface area (Å²) in [7, 11) is 0. The van der Waals surface area contributed by atoms with Crippen LogP contribution in [0.4, 0.5) is 0 Å². The monoisotopic (exact) mass is 337 g/mol. The number of rotatable bonds is 5. The highest BCUT2D eigenvalue weighted by atomic mass is 35.5. The van der Waals surface area contributed by atoms with Crippen LogP contribution in [0.2, 0.25) is 4.34 Å². The van der Waals surface area contributed by atoms with Gasteiger partial charge < -0.3 is 10.1 Å². The van der Waals surface area contributed by atoms with Gasteiger partial charge in [-0.1, -0.05) is 41.9 Å². The van der Waals surface area contributed by atoms with Crippen molar-refractivity contribution in [3.63, 3.8) is 0 Å². The fraction of sp³-hybridized carbons (Fsp3) is 0.250. The molecule has 1 aromatic carbocycles. The molecule has 0 aliphatic heterocycles. The summed E-state index contributed by atoms with van der Waals surface area (Å²) in [6.45, 7) is 3.42. The zero-order valence-electron chi connectivity index (χ0n) is 12.2. The molecular formula is C16H16ClNO3S. The van der Waals surface area contributed by atoms with Crippen molar-refractivity contribution in [3.05, 3.63) is 57.2 Å². The van der Waals surface area contributed by atoms with E-state index in [1.54, 1.807) is 19.1 Å². The van der Waals surface area contributed by atoms with Crippen molar-refractivity contribution in [2.24, 2.45) is 0 Å². The lowest BCUT2D eigenvalue weighted by molar-refractivity contribution is -0.129. The molecule has 2 atom stereocenters. The molecule has 0 spiro atoms. The third-order valence-corrected chi connectivity index (χ3v) is 4.30. The Balaban J connectivity index is 1.91. The first-order valence-corrected chi connectivity index (χ1v) is 7.98. The van der Waals surface area contributed by atoms with Gasteiger partial charge in [0.15, 0.2) is 6.10 Å². The molecule has 0 fully saturated rings. The number of benzene rings is 1. The van der Waals surface area contributed by atoms with Gasteiger partial charge in [-0.2, -0.15) is 0 Å². The predicted molar refractivity (Wildman–Crippen MR) is 87.2 cm³/mol. The Labute approximate surface area is 138 Å². The third-order valence-electron chi connectivity index (χ3n) is 3.09. The first-order chi connectivity index (χ1) is 10.5. The summed E-state index contributed by atoms with van der Waals surface area (Å²) in [5.74, 6) is -0.890. The zero-order valence-corrected chi connectivity index (χ0v) is 13.8. The van der Waals surface area contributed by atoms with Crippen LogP contribution in [0.5, 0.6) is 0 Å². The van der Waals surface area contributed by atoms with Gasteiger partial charge in [0, 0.05) is 0 Å². The van der Waals surface area contributed by atoms with Gasteiger partial charge in [-0.25, -0.2) is 4.79 Å². The number of halogens is 1. The smallest absolute Gasteiger partial charge is 0.349 e. The van der Waals surface area contributed by atoms with Gasteiger partial charge in [-0.15, -0.1) is 11.3 Å². The average molecular weight is 338 g/mol. The van der Waals surface area contributed by atoms with Crippen LogP contribution in [-0.4, -0.2) is 18.0 Å². The normalized spacial score (nSPS) is 13.2. The van der Waals surface area contributed by atoms with Crippen LogP contribution in [0.15, 0.2) is 42.5 Å². The number of hydrogen-bond acceptors (Lipinski definition) is 4. The fourth-order valence-electron chi connectivity index (χ4n) is 1.85. The zero-order chi connectivity index (χ0) is 16.1. The van der Waals surface area contributed by atoms with Crippen LogP contribution in [-0.2, 0) is 9.53 Å². The van der Waals surface area contributed by atoms with Crippen LogP contribution in [0, 0.1) is 0 Å². The van der Waals surface area contributed by atoms with Gasteiger partial charge in [-0.3, -0.25) is 4.79 Å². The molecule has 0 aliphatic carbocycles. The molecule has 1 heterocycles. The second-order valence-electron chi connectivity index (χ2n) is 4.79. The molecule has 1 aromatic heterocycles. The lowest BCUT2D eigenvalue weighted by Gasteiger charge is -2.18. The minimum absolute atomic E-state index is 0.161. The van der Waals surface area contributed by atoms with E-state index in [0.717, 1.165) is 16.9 Å². The molecule has 22 heavy (non-hydrogen) atoms. The van der Waals surface area contributed by atoms with E-state index in [0.29, 0.717) is 9.21 Å². The lowest BCUT2D eigenvalue weighted by atomic mass is 10.1. The minimum Gasteiger partial charge on any atom is -0.448 e. The van der Waals surface area contributed by atoms with Crippen molar-refractivity contribution in [1.82, 2.24) is 5.32 Å². The summed E-state index contributed by atoms with van der Waals surface area (Å²) in [6.07, 6.45) is -0.875. The second-order valence-corrected chi connectivity index (χ2v) is 6.51. The Morgan fingerprint density at radius 2 is 1.82 bits per heavy atom. The summed E-state index contributed by atoms with van der Waals surface area (Å²) in [5.41, 5.74) is 0.986. The van der Waals surface area contributed by atoms with E-state index in [9.17, 15) is 9.59 Å². The standard InChI is InChI=1S/C16H16ClNO3S/c1-10(12-6-4-3-5-7-12)18-15(19)11(2)21-16(20)13-8-9-14(17)22-13/h3-11H,1-2H3,(H,18,19). The maximum atomic E-state index is 12.1. The third kappa shape index (κ3) is 4.32. The molecule has 0 aliphatic rings. The van der Waals surface area contributed by atoms with Gasteiger partial charge in [0.25, 0.3) is 5.91 Å². The molecule has 116 valence electrons. The number of carbonyl (C=O) groups excluding carboxylic acids is 2. The molecule has 0 saturated carbocycles. The molecule has 1 N–H and O–H groups in total. The Kier molecular flexibility index (Phi) is 5.57. The summed E-state index contributed by atoms with van der Waals surface area (Å²) in [6, 6.07) is 12.6. The topological polar surface area (TPSA) is 55.4 Å². The highest BCUT2D eigenvalue weighted by molar-refractivity contribution is 7.17. The maximum Gasteiger partial charge on any atom is 0.349 e. The lowest BCUT2D eigenvalue weighted by Crippen LogP contribution is -2.37. The summed E-state index contributed by atoms with van der Waals surface area (Å²) in [5, 5.41) is 2.82. The number of hydrogen-bond donors (Lipinski definition) is 1. The Morgan fingerprint density at radius 3 is 2.41 bits per heavy atom. The molecule has 1 amide bonds. The van der Waals surface area contributed by atoms with Gasteiger partial charge in [0.1, 0.15) is 4.88 Å². The molecule has 0 radical (unpaired) electrons. The SMILES string of the molecule is CC(OC(=O)c1ccc(Cl)s1)C(=O)NC(C)c1ccccc1.